The van der Waals surface area contributed by atoms with E-state index in [9.17, 15) is 24.9 Å². The minimum absolute atomic E-state index is 0.108. The second-order valence-electron chi connectivity index (χ2n) is 9.46. The summed E-state index contributed by atoms with van der Waals surface area (Å²) >= 11 is 0. The predicted octanol–water partition coefficient (Wildman–Crippen LogP) is 3.26. The van der Waals surface area contributed by atoms with Gasteiger partial charge in [0.15, 0.2) is 5.41 Å². The van der Waals surface area contributed by atoms with Crippen molar-refractivity contribution in [3.05, 3.63) is 101 Å². The molecule has 3 heterocycles. The number of amides is 1. The summed E-state index contributed by atoms with van der Waals surface area (Å²) in [7, 11) is 2.27. The molecule has 0 saturated carbocycles. The SMILES string of the molecule is COC(=O)C1=C(C(=O)OC)[C@]2(C(=O)N(Cc3ccccc3)c3ccccc32)C(C#N)(C#N)[C@H]2C=C(C)C=CN12. The van der Waals surface area contributed by atoms with Gasteiger partial charge in [0.1, 0.15) is 11.1 Å². The van der Waals surface area contributed by atoms with Crippen LogP contribution in [0.2, 0.25) is 0 Å². The van der Waals surface area contributed by atoms with Crippen molar-refractivity contribution in [1.82, 2.24) is 4.90 Å². The van der Waals surface area contributed by atoms with Crippen LogP contribution in [0.1, 0.15) is 18.1 Å². The van der Waals surface area contributed by atoms with Gasteiger partial charge < -0.3 is 19.3 Å². The first-order valence-electron chi connectivity index (χ1n) is 12.2. The number of allylic oxidation sites excluding steroid dienone is 2. The Hall–Kier alpha value is -5.15. The van der Waals surface area contributed by atoms with Crippen LogP contribution in [0, 0.1) is 28.1 Å². The predicted molar refractivity (Wildman–Crippen MR) is 139 cm³/mol. The highest BCUT2D eigenvalue weighted by atomic mass is 16.5. The molecule has 0 radical (unpaired) electrons. The highest BCUT2D eigenvalue weighted by molar-refractivity contribution is 6.19. The zero-order valence-corrected chi connectivity index (χ0v) is 21.5. The Morgan fingerprint density at radius 2 is 1.62 bits per heavy atom. The van der Waals surface area contributed by atoms with Crippen molar-refractivity contribution >= 4 is 23.5 Å². The smallest absolute Gasteiger partial charge is 0.355 e. The van der Waals surface area contributed by atoms with Gasteiger partial charge in [-0.3, -0.25) is 4.79 Å². The number of nitriles is 2. The van der Waals surface area contributed by atoms with Crippen molar-refractivity contribution in [2.24, 2.45) is 5.41 Å². The summed E-state index contributed by atoms with van der Waals surface area (Å²) in [6.45, 7) is 1.89. The van der Waals surface area contributed by atoms with Gasteiger partial charge in [0, 0.05) is 11.9 Å². The van der Waals surface area contributed by atoms with E-state index < -0.39 is 40.3 Å². The lowest BCUT2D eigenvalue weighted by Gasteiger charge is -2.51. The van der Waals surface area contributed by atoms with Crippen LogP contribution in [-0.4, -0.2) is 43.0 Å². The summed E-state index contributed by atoms with van der Waals surface area (Å²) < 4.78 is 10.2. The number of hydrogen-bond acceptors (Lipinski definition) is 8. The zero-order chi connectivity index (χ0) is 27.9. The summed E-state index contributed by atoms with van der Waals surface area (Å²) in [4.78, 5) is 44.8. The molecular weight excluding hydrogens is 496 g/mol. The van der Waals surface area contributed by atoms with Gasteiger partial charge in [-0.25, -0.2) is 9.59 Å². The van der Waals surface area contributed by atoms with Gasteiger partial charge in [0.05, 0.1) is 44.5 Å². The summed E-state index contributed by atoms with van der Waals surface area (Å²) in [5.41, 5.74) is -2.87. The molecule has 194 valence electrons. The molecule has 0 N–H and O–H groups in total. The zero-order valence-electron chi connectivity index (χ0n) is 21.5. The minimum Gasteiger partial charge on any atom is -0.466 e. The molecule has 2 atom stereocenters. The molecule has 3 aliphatic heterocycles. The van der Waals surface area contributed by atoms with E-state index in [0.717, 1.165) is 19.8 Å². The van der Waals surface area contributed by atoms with Crippen LogP contribution in [0.5, 0.6) is 0 Å². The average Bonchev–Trinajstić information content (AvgIpc) is 3.21. The molecule has 2 aromatic rings. The number of carbonyl (C=O) groups is 3. The number of anilines is 1. The Labute approximate surface area is 225 Å². The Balaban J connectivity index is 1.95. The van der Waals surface area contributed by atoms with E-state index in [-0.39, 0.29) is 17.8 Å². The lowest BCUT2D eigenvalue weighted by molar-refractivity contribution is -0.144. The van der Waals surface area contributed by atoms with Crippen LogP contribution < -0.4 is 4.90 Å². The quantitative estimate of drug-likeness (QED) is 0.563. The Bertz CT molecular complexity index is 1560. The molecule has 9 heteroatoms. The lowest BCUT2D eigenvalue weighted by Crippen LogP contribution is -2.66. The number of rotatable bonds is 4. The van der Waals surface area contributed by atoms with Gasteiger partial charge in [0.2, 0.25) is 5.91 Å². The molecule has 0 saturated heterocycles. The van der Waals surface area contributed by atoms with E-state index in [1.807, 2.05) is 30.3 Å². The van der Waals surface area contributed by atoms with Crippen molar-refractivity contribution in [1.29, 1.82) is 10.5 Å². The number of carbonyl (C=O) groups excluding carboxylic acids is 3. The fourth-order valence-electron chi connectivity index (χ4n) is 5.93. The minimum atomic E-state index is -2.21. The van der Waals surface area contributed by atoms with Crippen LogP contribution in [0.3, 0.4) is 0 Å². The van der Waals surface area contributed by atoms with Crippen molar-refractivity contribution in [3.63, 3.8) is 0 Å². The molecule has 0 fully saturated rings. The lowest BCUT2D eigenvalue weighted by atomic mass is 9.52. The summed E-state index contributed by atoms with van der Waals surface area (Å²) in [5.74, 6) is -2.61. The van der Waals surface area contributed by atoms with E-state index in [2.05, 4.69) is 12.1 Å². The van der Waals surface area contributed by atoms with Gasteiger partial charge in [-0.2, -0.15) is 10.5 Å². The van der Waals surface area contributed by atoms with Gasteiger partial charge in [-0.1, -0.05) is 60.2 Å². The maximum absolute atomic E-state index is 14.9. The van der Waals surface area contributed by atoms with E-state index in [4.69, 9.17) is 9.47 Å². The van der Waals surface area contributed by atoms with Gasteiger partial charge in [-0.05, 0) is 30.2 Å². The number of nitrogens with zero attached hydrogens (tertiary/aromatic N) is 4. The summed E-state index contributed by atoms with van der Waals surface area (Å²) in [6.07, 6.45) is 4.84. The third-order valence-electron chi connectivity index (χ3n) is 7.59. The van der Waals surface area contributed by atoms with Gasteiger partial charge >= 0.3 is 11.9 Å². The Kier molecular flexibility index (Phi) is 6.08. The van der Waals surface area contributed by atoms with Crippen molar-refractivity contribution < 1.29 is 23.9 Å². The Morgan fingerprint density at radius 1 is 0.974 bits per heavy atom. The normalized spacial score (nSPS) is 22.4. The van der Waals surface area contributed by atoms with E-state index in [1.165, 1.54) is 16.0 Å². The molecule has 9 nitrogen and oxygen atoms in total. The van der Waals surface area contributed by atoms with Crippen LogP contribution in [0.4, 0.5) is 5.69 Å². The third kappa shape index (κ3) is 3.27. The molecule has 1 spiro atoms. The number of ether oxygens (including phenoxy) is 2. The number of para-hydroxylation sites is 1. The highest BCUT2D eigenvalue weighted by Gasteiger charge is 2.74. The third-order valence-corrected chi connectivity index (χ3v) is 7.59. The number of esters is 2. The maximum Gasteiger partial charge on any atom is 0.355 e. The van der Waals surface area contributed by atoms with Crippen LogP contribution in [0.15, 0.2) is 89.8 Å². The number of fused-ring (bicyclic) bond motifs is 3. The van der Waals surface area contributed by atoms with E-state index >= 15 is 0 Å². The topological polar surface area (TPSA) is 124 Å². The molecule has 0 bridgehead atoms. The highest BCUT2D eigenvalue weighted by Crippen LogP contribution is 2.62. The van der Waals surface area contributed by atoms with Gasteiger partial charge in [0.25, 0.3) is 0 Å². The molecule has 2 aromatic carbocycles. The monoisotopic (exact) mass is 520 g/mol. The molecule has 1 amide bonds. The molecule has 39 heavy (non-hydrogen) atoms. The molecular formula is C30H24N4O5. The van der Waals surface area contributed by atoms with Crippen molar-refractivity contribution in [2.45, 2.75) is 24.9 Å². The molecule has 0 aliphatic carbocycles. The largest absolute Gasteiger partial charge is 0.466 e. The van der Waals surface area contributed by atoms with Crippen molar-refractivity contribution in [3.8, 4) is 12.1 Å². The first-order valence-corrected chi connectivity index (χ1v) is 12.2. The molecule has 3 aliphatic rings. The summed E-state index contributed by atoms with van der Waals surface area (Å²) in [5, 5.41) is 21.7. The number of methoxy groups -OCH3 is 2. The maximum atomic E-state index is 14.9. The fourth-order valence-corrected chi connectivity index (χ4v) is 5.93. The first kappa shape index (κ1) is 25.5. The summed E-state index contributed by atoms with van der Waals surface area (Å²) in [6, 6.07) is 19.1. The van der Waals surface area contributed by atoms with Crippen LogP contribution in [0.25, 0.3) is 0 Å². The fraction of sp³-hybridized carbons (Fsp3) is 0.233. The van der Waals surface area contributed by atoms with Crippen LogP contribution in [-0.2, 0) is 35.8 Å². The second kappa shape index (κ2) is 9.30. The standard InChI is InChI=1S/C30H24N4O5/c1-19-13-14-33-23(15-19)29(17-31,18-32)30(24(26(35)38-2)25(33)27(36)39-3)21-11-7-8-12-22(21)34(28(30)37)16-20-9-5-4-6-10-20/h4-15,23H,16H2,1-3H3/t23-,30-/m1/s1. The van der Waals surface area contributed by atoms with E-state index in [0.29, 0.717) is 11.3 Å². The van der Waals surface area contributed by atoms with Crippen LogP contribution >= 0.6 is 0 Å². The van der Waals surface area contributed by atoms with Gasteiger partial charge in [-0.15, -0.1) is 0 Å². The first-order chi connectivity index (χ1) is 18.8. The average molecular weight is 521 g/mol. The Morgan fingerprint density at radius 3 is 2.26 bits per heavy atom. The molecule has 0 aromatic heterocycles. The van der Waals surface area contributed by atoms with Crippen molar-refractivity contribution in [2.75, 3.05) is 19.1 Å². The molecule has 5 rings (SSSR count). The number of benzene rings is 2. The van der Waals surface area contributed by atoms with E-state index in [1.54, 1.807) is 43.3 Å². The number of hydrogen-bond donors (Lipinski definition) is 0. The second-order valence-corrected chi connectivity index (χ2v) is 9.46. The molecule has 0 unspecified atom stereocenters.